The monoisotopic (exact) mass is 268 g/mol. The molecule has 0 aliphatic heterocycles. The van der Waals surface area contributed by atoms with E-state index in [0.717, 1.165) is 34.2 Å². The molecule has 0 radical (unpaired) electrons. The fourth-order valence-corrected chi connectivity index (χ4v) is 2.04. The number of hydrogen-bond acceptors (Lipinski definition) is 3. The summed E-state index contributed by atoms with van der Waals surface area (Å²) in [4.78, 5) is 4.33. The minimum Gasteiger partial charge on any atom is -0.330 e. The van der Waals surface area contributed by atoms with Crippen LogP contribution < -0.4 is 5.73 Å². The molecule has 0 atom stereocenters. The molecule has 0 fully saturated rings. The fourth-order valence-electron chi connectivity index (χ4n) is 1.48. The summed E-state index contributed by atoms with van der Waals surface area (Å²) in [7, 11) is 0. The topological polar surface area (TPSA) is 56.2 Å². The maximum Gasteiger partial charge on any atom is 0.169 e. The molecule has 80 valence electrons. The van der Waals surface area contributed by atoms with Crippen LogP contribution in [0.3, 0.4) is 0 Å². The lowest BCUT2D eigenvalue weighted by Gasteiger charge is -1.93. The van der Waals surface area contributed by atoms with Crippen molar-refractivity contribution in [2.45, 2.75) is 19.8 Å². The zero-order valence-electron chi connectivity index (χ0n) is 8.57. The number of fused-ring (bicyclic) bond motifs is 1. The summed E-state index contributed by atoms with van der Waals surface area (Å²) >= 11 is 3.52. The number of nitrogens with two attached hydrogens (primary N) is 1. The van der Waals surface area contributed by atoms with Gasteiger partial charge in [0, 0.05) is 12.4 Å². The molecular formula is C10H13BrN4. The first-order valence-electron chi connectivity index (χ1n) is 4.92. The molecule has 0 saturated carbocycles. The zero-order valence-corrected chi connectivity index (χ0v) is 10.2. The molecule has 0 unspecified atom stereocenters. The Bertz CT molecular complexity index is 477. The highest BCUT2D eigenvalue weighted by atomic mass is 79.9. The molecule has 0 bridgehead atoms. The van der Waals surface area contributed by atoms with Crippen molar-refractivity contribution in [1.29, 1.82) is 0 Å². The van der Waals surface area contributed by atoms with Gasteiger partial charge in [0.05, 0.1) is 10.2 Å². The third-order valence-electron chi connectivity index (χ3n) is 2.23. The molecule has 0 aromatic carbocycles. The van der Waals surface area contributed by atoms with Gasteiger partial charge in [0.1, 0.15) is 0 Å². The Labute approximate surface area is 96.6 Å². The average Bonchev–Trinajstić information content (AvgIpc) is 2.52. The summed E-state index contributed by atoms with van der Waals surface area (Å²) in [6.07, 6.45) is 5.65. The van der Waals surface area contributed by atoms with Crippen LogP contribution in [0.1, 0.15) is 17.7 Å². The van der Waals surface area contributed by atoms with Crippen LogP contribution in [0.25, 0.3) is 5.65 Å². The average molecular weight is 269 g/mol. The van der Waals surface area contributed by atoms with Crippen molar-refractivity contribution < 1.29 is 0 Å². The summed E-state index contributed by atoms with van der Waals surface area (Å²) in [6, 6.07) is 0. The molecule has 2 aromatic rings. The first-order valence-corrected chi connectivity index (χ1v) is 5.71. The second-order valence-corrected chi connectivity index (χ2v) is 4.35. The van der Waals surface area contributed by atoms with Gasteiger partial charge in [-0.1, -0.05) is 0 Å². The van der Waals surface area contributed by atoms with Gasteiger partial charge in [-0.25, -0.2) is 9.50 Å². The molecule has 0 spiro atoms. The van der Waals surface area contributed by atoms with E-state index >= 15 is 0 Å². The van der Waals surface area contributed by atoms with Gasteiger partial charge in [-0.2, -0.15) is 5.10 Å². The van der Waals surface area contributed by atoms with Crippen LogP contribution in [-0.4, -0.2) is 21.1 Å². The molecule has 2 heterocycles. The summed E-state index contributed by atoms with van der Waals surface area (Å²) in [6.45, 7) is 2.69. The van der Waals surface area contributed by atoms with Gasteiger partial charge in [0.15, 0.2) is 5.65 Å². The largest absolute Gasteiger partial charge is 0.330 e. The molecule has 2 aromatic heterocycles. The third-order valence-corrected chi connectivity index (χ3v) is 3.04. The van der Waals surface area contributed by atoms with Gasteiger partial charge in [0.2, 0.25) is 0 Å². The van der Waals surface area contributed by atoms with Crippen LogP contribution in [-0.2, 0) is 6.42 Å². The van der Waals surface area contributed by atoms with Crippen molar-refractivity contribution in [2.24, 2.45) is 5.73 Å². The van der Waals surface area contributed by atoms with Gasteiger partial charge >= 0.3 is 0 Å². The molecule has 0 aliphatic rings. The molecule has 2 N–H and O–H groups in total. The van der Waals surface area contributed by atoms with Crippen LogP contribution in [0, 0.1) is 6.92 Å². The number of nitrogens with zero attached hydrogens (tertiary/aromatic N) is 3. The minimum absolute atomic E-state index is 0.687. The second kappa shape index (κ2) is 4.28. The van der Waals surface area contributed by atoms with E-state index in [2.05, 4.69) is 26.0 Å². The molecule has 4 nitrogen and oxygen atoms in total. The standard InChI is InChI=1S/C10H13BrN4/c1-7-5-13-10-9(11)8(3-2-4-12)14-15(10)6-7/h5-6H,2-4,12H2,1H3. The van der Waals surface area contributed by atoms with E-state index in [4.69, 9.17) is 5.73 Å². The number of aryl methyl sites for hydroxylation is 2. The van der Waals surface area contributed by atoms with Crippen molar-refractivity contribution in [2.75, 3.05) is 6.54 Å². The Kier molecular flexibility index (Phi) is 3.02. The number of hydrogen-bond donors (Lipinski definition) is 1. The van der Waals surface area contributed by atoms with Gasteiger partial charge in [-0.15, -0.1) is 0 Å². The first kappa shape index (κ1) is 10.6. The predicted octanol–water partition coefficient (Wildman–Crippen LogP) is 1.69. The maximum absolute atomic E-state index is 5.48. The number of aromatic nitrogens is 3. The van der Waals surface area contributed by atoms with E-state index in [1.807, 2.05) is 23.8 Å². The molecule has 0 amide bonds. The zero-order chi connectivity index (χ0) is 10.8. The van der Waals surface area contributed by atoms with E-state index in [9.17, 15) is 0 Å². The van der Waals surface area contributed by atoms with Crippen molar-refractivity contribution in [3.05, 3.63) is 28.1 Å². The van der Waals surface area contributed by atoms with Crippen molar-refractivity contribution in [3.63, 3.8) is 0 Å². The summed E-state index contributed by atoms with van der Waals surface area (Å²) in [5.41, 5.74) is 8.47. The SMILES string of the molecule is Cc1cnc2c(Br)c(CCCN)nn2c1. The highest BCUT2D eigenvalue weighted by molar-refractivity contribution is 9.10. The lowest BCUT2D eigenvalue weighted by molar-refractivity contribution is 0.785. The Morgan fingerprint density at radius 1 is 1.53 bits per heavy atom. The highest BCUT2D eigenvalue weighted by Gasteiger charge is 2.10. The molecular weight excluding hydrogens is 256 g/mol. The van der Waals surface area contributed by atoms with Gasteiger partial charge in [0.25, 0.3) is 0 Å². The Hall–Kier alpha value is -0.940. The first-order chi connectivity index (χ1) is 7.22. The lowest BCUT2D eigenvalue weighted by Crippen LogP contribution is -2.01. The Morgan fingerprint density at radius 3 is 3.07 bits per heavy atom. The maximum atomic E-state index is 5.48. The summed E-state index contributed by atoms with van der Waals surface area (Å²) in [5, 5.41) is 4.46. The van der Waals surface area contributed by atoms with Crippen LogP contribution in [0.2, 0.25) is 0 Å². The smallest absolute Gasteiger partial charge is 0.169 e. The molecule has 0 aliphatic carbocycles. The molecule has 15 heavy (non-hydrogen) atoms. The Morgan fingerprint density at radius 2 is 2.33 bits per heavy atom. The van der Waals surface area contributed by atoms with Crippen molar-refractivity contribution in [1.82, 2.24) is 14.6 Å². The third kappa shape index (κ3) is 2.03. The summed E-state index contributed by atoms with van der Waals surface area (Å²) < 4.78 is 2.79. The predicted molar refractivity (Wildman–Crippen MR) is 62.8 cm³/mol. The Balaban J connectivity index is 2.44. The minimum atomic E-state index is 0.687. The quantitative estimate of drug-likeness (QED) is 0.922. The normalized spacial score (nSPS) is 11.1. The summed E-state index contributed by atoms with van der Waals surface area (Å²) in [5.74, 6) is 0. The van der Waals surface area contributed by atoms with Gasteiger partial charge < -0.3 is 5.73 Å². The van der Waals surface area contributed by atoms with Crippen molar-refractivity contribution >= 4 is 21.6 Å². The van der Waals surface area contributed by atoms with Crippen molar-refractivity contribution in [3.8, 4) is 0 Å². The van der Waals surface area contributed by atoms with E-state index in [-0.39, 0.29) is 0 Å². The van der Waals surface area contributed by atoms with Gasteiger partial charge in [-0.05, 0) is 47.8 Å². The van der Waals surface area contributed by atoms with Crippen LogP contribution in [0.15, 0.2) is 16.9 Å². The lowest BCUT2D eigenvalue weighted by atomic mass is 10.2. The number of rotatable bonds is 3. The highest BCUT2D eigenvalue weighted by Crippen LogP contribution is 2.21. The van der Waals surface area contributed by atoms with E-state index in [1.165, 1.54) is 0 Å². The number of halogens is 1. The van der Waals surface area contributed by atoms with E-state index in [1.54, 1.807) is 0 Å². The van der Waals surface area contributed by atoms with E-state index < -0.39 is 0 Å². The van der Waals surface area contributed by atoms with E-state index in [0.29, 0.717) is 6.54 Å². The van der Waals surface area contributed by atoms with Crippen LogP contribution in [0.5, 0.6) is 0 Å². The van der Waals surface area contributed by atoms with Gasteiger partial charge in [-0.3, -0.25) is 0 Å². The van der Waals surface area contributed by atoms with Crippen LogP contribution >= 0.6 is 15.9 Å². The second-order valence-electron chi connectivity index (χ2n) is 3.55. The molecule has 0 saturated heterocycles. The fraction of sp³-hybridized carbons (Fsp3) is 0.400. The molecule has 2 rings (SSSR count). The molecule has 5 heteroatoms. The van der Waals surface area contributed by atoms with Crippen LogP contribution in [0.4, 0.5) is 0 Å².